The van der Waals surface area contributed by atoms with Gasteiger partial charge in [0.1, 0.15) is 0 Å². The third-order valence-corrected chi connectivity index (χ3v) is 8.54. The molecule has 0 aromatic carbocycles. The normalized spacial score (nSPS) is 13.9. The van der Waals surface area contributed by atoms with Gasteiger partial charge in [-0.05, 0) is 49.2 Å². The van der Waals surface area contributed by atoms with Crippen molar-refractivity contribution in [3.8, 4) is 19.5 Å². The zero-order valence-electron chi connectivity index (χ0n) is 15.1. The van der Waals surface area contributed by atoms with Crippen molar-refractivity contribution in [2.45, 2.75) is 44.9 Å². The van der Waals surface area contributed by atoms with Crippen LogP contribution >= 0.6 is 34.0 Å². The van der Waals surface area contributed by atoms with E-state index in [0.29, 0.717) is 5.92 Å². The summed E-state index contributed by atoms with van der Waals surface area (Å²) in [5, 5.41) is 0. The van der Waals surface area contributed by atoms with Crippen LogP contribution in [0.15, 0.2) is 60.7 Å². The van der Waals surface area contributed by atoms with Gasteiger partial charge in [0.05, 0.1) is 0 Å². The molecule has 0 N–H and O–H groups in total. The van der Waals surface area contributed by atoms with Gasteiger partial charge in [-0.2, -0.15) is 0 Å². The van der Waals surface area contributed by atoms with Crippen molar-refractivity contribution in [2.24, 2.45) is 0 Å². The van der Waals surface area contributed by atoms with Gasteiger partial charge >= 0.3 is 0 Å². The summed E-state index contributed by atoms with van der Waals surface area (Å²) in [5.74, 6) is 0.473. The number of hydrogen-bond acceptors (Lipinski definition) is 3. The van der Waals surface area contributed by atoms with E-state index in [0.717, 1.165) is 0 Å². The number of allylic oxidation sites excluding steroid dienone is 4. The molecule has 0 unspecified atom stereocenters. The van der Waals surface area contributed by atoms with E-state index >= 15 is 0 Å². The lowest BCUT2D eigenvalue weighted by molar-refractivity contribution is 0.670. The molecule has 0 saturated carbocycles. The Balaban J connectivity index is 1.44. The Bertz CT molecular complexity index is 891. The average Bonchev–Trinajstić information content (AvgIpc) is 3.44. The molecule has 1 aliphatic rings. The summed E-state index contributed by atoms with van der Waals surface area (Å²) >= 11 is 5.82. The summed E-state index contributed by atoms with van der Waals surface area (Å²) in [4.78, 5) is 8.57. The van der Waals surface area contributed by atoms with Crippen LogP contribution in [0.4, 0.5) is 0 Å². The van der Waals surface area contributed by atoms with Gasteiger partial charge in [0.2, 0.25) is 0 Å². The minimum atomic E-state index is 0.473. The first-order valence-corrected chi connectivity index (χ1v) is 11.9. The first-order chi connectivity index (χ1) is 12.8. The quantitative estimate of drug-likeness (QED) is 0.335. The summed E-state index contributed by atoms with van der Waals surface area (Å²) in [7, 11) is 0. The topological polar surface area (TPSA) is 0 Å². The van der Waals surface area contributed by atoms with Crippen LogP contribution in [0.1, 0.15) is 48.3 Å². The highest BCUT2D eigenvalue weighted by Gasteiger charge is 2.13. The maximum absolute atomic E-state index is 2.33. The molecule has 26 heavy (non-hydrogen) atoms. The maximum atomic E-state index is 2.33. The zero-order valence-corrected chi connectivity index (χ0v) is 17.6. The van der Waals surface area contributed by atoms with E-state index in [2.05, 4.69) is 67.6 Å². The van der Waals surface area contributed by atoms with Gasteiger partial charge in [0.15, 0.2) is 0 Å². The minimum absolute atomic E-state index is 0.473. The van der Waals surface area contributed by atoms with Gasteiger partial charge in [0, 0.05) is 35.2 Å². The third-order valence-electron chi connectivity index (χ3n) is 4.73. The van der Waals surface area contributed by atoms with Crippen LogP contribution < -0.4 is 0 Å². The second kappa shape index (κ2) is 8.51. The standard InChI is InChI=1S/C23H24S3/c1-2-3-4-5-10-18-11-12-20(24-18)21-15-16-23(26-21)22-14-13-19(25-22)17-8-6-7-9-17/h6-9,11-17H,2-5,10H2,1H3. The Kier molecular flexibility index (Phi) is 5.88. The monoisotopic (exact) mass is 396 g/mol. The van der Waals surface area contributed by atoms with Gasteiger partial charge < -0.3 is 0 Å². The Morgan fingerprint density at radius 2 is 1.35 bits per heavy atom. The molecule has 0 radical (unpaired) electrons. The molecule has 3 heterocycles. The predicted octanol–water partition coefficient (Wildman–Crippen LogP) is 8.54. The van der Waals surface area contributed by atoms with E-state index in [4.69, 9.17) is 0 Å². The van der Waals surface area contributed by atoms with Crippen LogP contribution in [0.25, 0.3) is 19.5 Å². The molecule has 0 bridgehead atoms. The highest BCUT2D eigenvalue weighted by Crippen LogP contribution is 2.41. The van der Waals surface area contributed by atoms with E-state index in [1.165, 1.54) is 61.4 Å². The van der Waals surface area contributed by atoms with E-state index in [9.17, 15) is 0 Å². The third kappa shape index (κ3) is 4.11. The Morgan fingerprint density at radius 3 is 2.12 bits per heavy atom. The minimum Gasteiger partial charge on any atom is -0.139 e. The van der Waals surface area contributed by atoms with Crippen molar-refractivity contribution >= 4 is 34.0 Å². The lowest BCUT2D eigenvalue weighted by atomic mass is 10.1. The van der Waals surface area contributed by atoms with Crippen molar-refractivity contribution in [3.63, 3.8) is 0 Å². The van der Waals surface area contributed by atoms with Crippen molar-refractivity contribution in [2.75, 3.05) is 0 Å². The van der Waals surface area contributed by atoms with Gasteiger partial charge in [-0.15, -0.1) is 34.0 Å². The molecule has 0 fully saturated rings. The smallest absolute Gasteiger partial charge is 0.0449 e. The summed E-state index contributed by atoms with van der Waals surface area (Å²) < 4.78 is 0. The highest BCUT2D eigenvalue weighted by atomic mass is 32.1. The second-order valence-corrected chi connectivity index (χ2v) is 10.1. The molecule has 3 aromatic rings. The van der Waals surface area contributed by atoms with Gasteiger partial charge in [-0.3, -0.25) is 0 Å². The lowest BCUT2D eigenvalue weighted by Crippen LogP contribution is -1.80. The first kappa shape index (κ1) is 18.0. The molecule has 0 atom stereocenters. The number of hydrogen-bond donors (Lipinski definition) is 0. The SMILES string of the molecule is CCCCCCc1ccc(-c2ccc(-c3ccc(C4C=CC=C4)s3)s2)s1. The Labute approximate surface area is 168 Å². The summed E-state index contributed by atoms with van der Waals surface area (Å²) in [6.45, 7) is 2.27. The fraction of sp³-hybridized carbons (Fsp3) is 0.304. The van der Waals surface area contributed by atoms with E-state index in [1.807, 2.05) is 34.0 Å². The van der Waals surface area contributed by atoms with Crippen LogP contribution in [0.2, 0.25) is 0 Å². The van der Waals surface area contributed by atoms with Gasteiger partial charge in [-0.1, -0.05) is 50.5 Å². The maximum Gasteiger partial charge on any atom is 0.0449 e. The highest BCUT2D eigenvalue weighted by molar-refractivity contribution is 7.26. The summed E-state index contributed by atoms with van der Waals surface area (Å²) in [6, 6.07) is 13.8. The van der Waals surface area contributed by atoms with Crippen molar-refractivity contribution in [3.05, 3.63) is 70.5 Å². The van der Waals surface area contributed by atoms with Gasteiger partial charge in [0.25, 0.3) is 0 Å². The molecule has 0 saturated heterocycles. The predicted molar refractivity (Wildman–Crippen MR) is 120 cm³/mol. The number of thiophene rings is 3. The molecule has 0 spiro atoms. The number of aryl methyl sites for hydroxylation is 1. The van der Waals surface area contributed by atoms with Crippen LogP contribution in [-0.2, 0) is 6.42 Å². The van der Waals surface area contributed by atoms with Crippen molar-refractivity contribution in [1.29, 1.82) is 0 Å². The molecule has 0 aliphatic heterocycles. The summed E-state index contributed by atoms with van der Waals surface area (Å²) in [6.07, 6.45) is 15.4. The van der Waals surface area contributed by atoms with Crippen LogP contribution in [0, 0.1) is 0 Å². The molecule has 4 rings (SSSR count). The molecule has 3 heteroatoms. The summed E-state index contributed by atoms with van der Waals surface area (Å²) in [5.41, 5.74) is 0. The molecule has 134 valence electrons. The first-order valence-electron chi connectivity index (χ1n) is 9.47. The van der Waals surface area contributed by atoms with E-state index in [-0.39, 0.29) is 0 Å². The molecule has 3 aromatic heterocycles. The van der Waals surface area contributed by atoms with E-state index in [1.54, 1.807) is 0 Å². The lowest BCUT2D eigenvalue weighted by Gasteiger charge is -1.99. The van der Waals surface area contributed by atoms with E-state index < -0.39 is 0 Å². The van der Waals surface area contributed by atoms with Crippen LogP contribution in [0.5, 0.6) is 0 Å². The molecule has 0 amide bonds. The fourth-order valence-corrected chi connectivity index (χ4v) is 6.56. The Hall–Kier alpha value is -1.42. The molecule has 0 nitrogen and oxygen atoms in total. The van der Waals surface area contributed by atoms with Crippen LogP contribution in [0.3, 0.4) is 0 Å². The molecule has 1 aliphatic carbocycles. The average molecular weight is 397 g/mol. The number of rotatable bonds is 8. The largest absolute Gasteiger partial charge is 0.139 e. The van der Waals surface area contributed by atoms with Crippen molar-refractivity contribution < 1.29 is 0 Å². The number of unbranched alkanes of at least 4 members (excludes halogenated alkanes) is 3. The second-order valence-electron chi connectivity index (χ2n) is 6.74. The zero-order chi connectivity index (χ0) is 17.8. The molecular formula is C23H24S3. The Morgan fingerprint density at radius 1 is 0.692 bits per heavy atom. The molecular weight excluding hydrogens is 372 g/mol. The van der Waals surface area contributed by atoms with Crippen LogP contribution in [-0.4, -0.2) is 0 Å². The van der Waals surface area contributed by atoms with Crippen molar-refractivity contribution in [1.82, 2.24) is 0 Å². The fourth-order valence-electron chi connectivity index (χ4n) is 3.26. The van der Waals surface area contributed by atoms with Gasteiger partial charge in [-0.25, -0.2) is 0 Å².